The van der Waals surface area contributed by atoms with Crippen molar-refractivity contribution in [2.45, 2.75) is 19.9 Å². The number of hydrogen-bond donors (Lipinski definition) is 1. The number of fused-ring (bicyclic) bond motifs is 1. The number of hydrogen-bond acceptors (Lipinski definition) is 3. The van der Waals surface area contributed by atoms with Gasteiger partial charge in [0.15, 0.2) is 11.5 Å². The van der Waals surface area contributed by atoms with Crippen LogP contribution < -0.4 is 14.8 Å². The fourth-order valence-electron chi connectivity index (χ4n) is 2.29. The van der Waals surface area contributed by atoms with Crippen LogP contribution in [-0.4, -0.2) is 6.79 Å². The molecular formula is C16H16INO2. The van der Waals surface area contributed by atoms with Gasteiger partial charge in [-0.1, -0.05) is 6.07 Å². The Bertz CT molecular complexity index is 642. The molecule has 0 saturated heterocycles. The van der Waals surface area contributed by atoms with E-state index >= 15 is 0 Å². The minimum absolute atomic E-state index is 0.211. The van der Waals surface area contributed by atoms with Gasteiger partial charge in [-0.15, -0.1) is 0 Å². The Labute approximate surface area is 132 Å². The lowest BCUT2D eigenvalue weighted by atomic mass is 10.1. The quantitative estimate of drug-likeness (QED) is 0.795. The van der Waals surface area contributed by atoms with E-state index in [0.29, 0.717) is 6.79 Å². The predicted molar refractivity (Wildman–Crippen MR) is 88.5 cm³/mol. The summed E-state index contributed by atoms with van der Waals surface area (Å²) < 4.78 is 12.0. The molecule has 3 rings (SSSR count). The van der Waals surface area contributed by atoms with Crippen molar-refractivity contribution in [1.29, 1.82) is 0 Å². The van der Waals surface area contributed by atoms with E-state index in [9.17, 15) is 0 Å². The Morgan fingerprint density at radius 2 is 1.90 bits per heavy atom. The zero-order valence-electron chi connectivity index (χ0n) is 11.4. The molecule has 3 nitrogen and oxygen atoms in total. The molecule has 1 N–H and O–H groups in total. The lowest BCUT2D eigenvalue weighted by molar-refractivity contribution is 0.174. The van der Waals surface area contributed by atoms with Crippen LogP contribution in [-0.2, 0) is 0 Å². The van der Waals surface area contributed by atoms with Crippen molar-refractivity contribution < 1.29 is 9.47 Å². The molecule has 4 heteroatoms. The molecule has 0 amide bonds. The number of anilines is 1. The lowest BCUT2D eigenvalue weighted by Gasteiger charge is -2.18. The van der Waals surface area contributed by atoms with Crippen LogP contribution in [0.3, 0.4) is 0 Å². The minimum Gasteiger partial charge on any atom is -0.454 e. The molecule has 104 valence electrons. The smallest absolute Gasteiger partial charge is 0.231 e. The highest BCUT2D eigenvalue weighted by molar-refractivity contribution is 14.1. The molecule has 0 bridgehead atoms. The fourth-order valence-corrected chi connectivity index (χ4v) is 2.93. The van der Waals surface area contributed by atoms with Gasteiger partial charge in [-0.05, 0) is 77.9 Å². The highest BCUT2D eigenvalue weighted by Crippen LogP contribution is 2.35. The summed E-state index contributed by atoms with van der Waals surface area (Å²) >= 11 is 2.33. The first-order chi connectivity index (χ1) is 9.63. The standard InChI is InChI=1S/C16H16INO2/c1-10-7-13(17)4-5-14(10)18-11(2)12-3-6-15-16(8-12)20-9-19-15/h3-8,11,18H,9H2,1-2H3. The first-order valence-corrected chi connectivity index (χ1v) is 7.63. The SMILES string of the molecule is Cc1cc(I)ccc1NC(C)c1ccc2c(c1)OCO2. The summed E-state index contributed by atoms with van der Waals surface area (Å²) in [5.74, 6) is 1.65. The number of nitrogens with one attached hydrogen (secondary N) is 1. The first-order valence-electron chi connectivity index (χ1n) is 6.56. The monoisotopic (exact) mass is 381 g/mol. The second-order valence-corrected chi connectivity index (χ2v) is 6.18. The topological polar surface area (TPSA) is 30.5 Å². The Morgan fingerprint density at radius 1 is 1.10 bits per heavy atom. The molecule has 2 aromatic rings. The Morgan fingerprint density at radius 3 is 2.70 bits per heavy atom. The molecule has 1 unspecified atom stereocenters. The number of benzene rings is 2. The second-order valence-electron chi connectivity index (χ2n) is 4.94. The molecule has 0 saturated carbocycles. The van der Waals surface area contributed by atoms with Crippen molar-refractivity contribution in [3.63, 3.8) is 0 Å². The highest BCUT2D eigenvalue weighted by Gasteiger charge is 2.16. The summed E-state index contributed by atoms with van der Waals surface area (Å²) in [4.78, 5) is 0. The summed E-state index contributed by atoms with van der Waals surface area (Å²) in [7, 11) is 0. The summed E-state index contributed by atoms with van der Waals surface area (Å²) in [6.07, 6.45) is 0. The lowest BCUT2D eigenvalue weighted by Crippen LogP contribution is -2.07. The Kier molecular flexibility index (Phi) is 3.74. The molecule has 20 heavy (non-hydrogen) atoms. The molecule has 1 atom stereocenters. The van der Waals surface area contributed by atoms with Crippen molar-refractivity contribution in [3.05, 3.63) is 51.1 Å². The molecule has 0 aromatic heterocycles. The summed E-state index contributed by atoms with van der Waals surface area (Å²) in [6.45, 7) is 4.59. The van der Waals surface area contributed by atoms with E-state index in [4.69, 9.17) is 9.47 Å². The van der Waals surface area contributed by atoms with Crippen LogP contribution in [0.4, 0.5) is 5.69 Å². The zero-order chi connectivity index (χ0) is 14.1. The third-order valence-electron chi connectivity index (χ3n) is 3.46. The molecular weight excluding hydrogens is 365 g/mol. The van der Waals surface area contributed by atoms with Gasteiger partial charge in [0, 0.05) is 15.3 Å². The maximum Gasteiger partial charge on any atom is 0.231 e. The highest BCUT2D eigenvalue weighted by atomic mass is 127. The van der Waals surface area contributed by atoms with Gasteiger partial charge >= 0.3 is 0 Å². The van der Waals surface area contributed by atoms with E-state index in [2.05, 4.69) is 66.0 Å². The van der Waals surface area contributed by atoms with Crippen molar-refractivity contribution in [1.82, 2.24) is 0 Å². The first kappa shape index (κ1) is 13.5. The molecule has 0 aliphatic carbocycles. The zero-order valence-corrected chi connectivity index (χ0v) is 13.6. The molecule has 0 spiro atoms. The number of ether oxygens (including phenoxy) is 2. The van der Waals surface area contributed by atoms with Gasteiger partial charge in [-0.25, -0.2) is 0 Å². The van der Waals surface area contributed by atoms with Crippen molar-refractivity contribution in [2.75, 3.05) is 12.1 Å². The van der Waals surface area contributed by atoms with Gasteiger partial charge < -0.3 is 14.8 Å². The normalized spacial score (nSPS) is 14.2. The van der Waals surface area contributed by atoms with Crippen LogP contribution in [0, 0.1) is 10.5 Å². The predicted octanol–water partition coefficient (Wildman–Crippen LogP) is 4.50. The summed E-state index contributed by atoms with van der Waals surface area (Å²) in [5.41, 5.74) is 3.60. The van der Waals surface area contributed by atoms with Crippen LogP contribution in [0.2, 0.25) is 0 Å². The fraction of sp³-hybridized carbons (Fsp3) is 0.250. The van der Waals surface area contributed by atoms with E-state index in [1.54, 1.807) is 0 Å². The van der Waals surface area contributed by atoms with Crippen LogP contribution in [0.5, 0.6) is 11.5 Å². The molecule has 0 radical (unpaired) electrons. The van der Waals surface area contributed by atoms with Crippen LogP contribution in [0.1, 0.15) is 24.1 Å². The average molecular weight is 381 g/mol. The number of aryl methyl sites for hydroxylation is 1. The molecule has 1 heterocycles. The van der Waals surface area contributed by atoms with Crippen molar-refractivity contribution >= 4 is 28.3 Å². The van der Waals surface area contributed by atoms with Crippen LogP contribution >= 0.6 is 22.6 Å². The van der Waals surface area contributed by atoms with Gasteiger partial charge in [0.25, 0.3) is 0 Å². The van der Waals surface area contributed by atoms with E-state index in [1.807, 2.05) is 12.1 Å². The largest absolute Gasteiger partial charge is 0.454 e. The Balaban J connectivity index is 1.80. The minimum atomic E-state index is 0.211. The van der Waals surface area contributed by atoms with Crippen LogP contribution in [0.25, 0.3) is 0 Å². The van der Waals surface area contributed by atoms with Gasteiger partial charge in [-0.2, -0.15) is 0 Å². The Hall–Kier alpha value is -1.43. The van der Waals surface area contributed by atoms with Gasteiger partial charge in [-0.3, -0.25) is 0 Å². The summed E-state index contributed by atoms with van der Waals surface area (Å²) in [6, 6.07) is 12.7. The molecule has 1 aliphatic rings. The number of halogens is 1. The van der Waals surface area contributed by atoms with Crippen molar-refractivity contribution in [3.8, 4) is 11.5 Å². The molecule has 1 aliphatic heterocycles. The maximum atomic E-state index is 5.43. The van der Waals surface area contributed by atoms with E-state index in [0.717, 1.165) is 17.2 Å². The maximum absolute atomic E-state index is 5.43. The summed E-state index contributed by atoms with van der Waals surface area (Å²) in [5, 5.41) is 3.55. The third kappa shape index (κ3) is 2.70. The average Bonchev–Trinajstić information content (AvgIpc) is 2.89. The van der Waals surface area contributed by atoms with Crippen molar-refractivity contribution in [2.24, 2.45) is 0 Å². The van der Waals surface area contributed by atoms with Gasteiger partial charge in [0.05, 0.1) is 0 Å². The van der Waals surface area contributed by atoms with E-state index in [1.165, 1.54) is 14.7 Å². The van der Waals surface area contributed by atoms with Gasteiger partial charge in [0.1, 0.15) is 0 Å². The molecule has 0 fully saturated rings. The van der Waals surface area contributed by atoms with Crippen LogP contribution in [0.15, 0.2) is 36.4 Å². The molecule has 2 aromatic carbocycles. The number of rotatable bonds is 3. The van der Waals surface area contributed by atoms with E-state index in [-0.39, 0.29) is 6.04 Å². The van der Waals surface area contributed by atoms with E-state index < -0.39 is 0 Å². The van der Waals surface area contributed by atoms with Gasteiger partial charge in [0.2, 0.25) is 6.79 Å². The third-order valence-corrected chi connectivity index (χ3v) is 4.13. The second kappa shape index (κ2) is 5.52.